The van der Waals surface area contributed by atoms with Crippen molar-refractivity contribution >= 4 is 49.7 Å². The molecule has 0 aliphatic carbocycles. The van der Waals surface area contributed by atoms with Gasteiger partial charge in [-0.3, -0.25) is 9.59 Å². The maximum Gasteiger partial charge on any atom is 0.303 e. The summed E-state index contributed by atoms with van der Waals surface area (Å²) >= 11 is 0. The van der Waals surface area contributed by atoms with Crippen LogP contribution in [-0.2, 0) is 9.59 Å². The fourth-order valence-electron chi connectivity index (χ4n) is 4.73. The SMILES string of the molecule is CCCCCC[C@@H](O)C/C=C\CCCCCCCC(=O)O.CCCCCC[C@@H](O)C/C=C\CCCCCCCC(=O)O.[Ca]. The molecule has 0 saturated carbocycles. The van der Waals surface area contributed by atoms with Crippen molar-refractivity contribution < 1.29 is 30.0 Å². The van der Waals surface area contributed by atoms with E-state index in [2.05, 4.69) is 38.2 Å². The molecule has 2 atom stereocenters. The van der Waals surface area contributed by atoms with Crippen molar-refractivity contribution in [3.05, 3.63) is 24.3 Å². The molecule has 2 radical (unpaired) electrons. The number of rotatable bonds is 30. The average Bonchev–Trinajstić information content (AvgIpc) is 2.95. The maximum absolute atomic E-state index is 10.3. The molecular formula is C36H68CaO6. The van der Waals surface area contributed by atoms with E-state index in [9.17, 15) is 19.8 Å². The number of unbranched alkanes of at least 4 members (excludes halogenated alkanes) is 16. The molecule has 0 aromatic heterocycles. The second kappa shape index (κ2) is 39.6. The van der Waals surface area contributed by atoms with Gasteiger partial charge in [0.05, 0.1) is 12.2 Å². The Kier molecular flexibility index (Phi) is 43.3. The monoisotopic (exact) mass is 636 g/mol. The maximum atomic E-state index is 10.3. The summed E-state index contributed by atoms with van der Waals surface area (Å²) in [6.07, 6.45) is 34.7. The fraction of sp³-hybridized carbons (Fsp3) is 0.833. The molecule has 0 aromatic rings. The van der Waals surface area contributed by atoms with Crippen LogP contribution in [0.15, 0.2) is 24.3 Å². The second-order valence-electron chi connectivity index (χ2n) is 11.8. The standard InChI is InChI=1S/2C18H34O3.Ca/c2*1-2-3-4-11-14-17(19)15-12-9-7-5-6-8-10-13-16-18(20)21;/h2*9,12,17,19H,2-8,10-11,13-16H2,1H3,(H,20,21);/b2*12-9-;/t2*17-;/m11./s1. The molecule has 6 nitrogen and oxygen atoms in total. The van der Waals surface area contributed by atoms with E-state index in [0.717, 1.165) is 103 Å². The molecule has 0 unspecified atom stereocenters. The molecule has 0 amide bonds. The third-order valence-electron chi connectivity index (χ3n) is 7.45. The number of aliphatic hydroxyl groups is 2. The van der Waals surface area contributed by atoms with Crippen LogP contribution in [0, 0.1) is 0 Å². The summed E-state index contributed by atoms with van der Waals surface area (Å²) in [6, 6.07) is 0. The number of carbonyl (C=O) groups is 2. The molecule has 0 saturated heterocycles. The van der Waals surface area contributed by atoms with Crippen molar-refractivity contribution in [2.75, 3.05) is 0 Å². The smallest absolute Gasteiger partial charge is 0.303 e. The van der Waals surface area contributed by atoms with Crippen LogP contribution in [0.2, 0.25) is 0 Å². The minimum absolute atomic E-state index is 0. The van der Waals surface area contributed by atoms with Gasteiger partial charge in [-0.25, -0.2) is 0 Å². The van der Waals surface area contributed by atoms with Crippen molar-refractivity contribution in [3.8, 4) is 0 Å². The van der Waals surface area contributed by atoms with Gasteiger partial charge < -0.3 is 20.4 Å². The first-order valence-corrected chi connectivity index (χ1v) is 17.4. The van der Waals surface area contributed by atoms with Crippen molar-refractivity contribution in [1.29, 1.82) is 0 Å². The first-order chi connectivity index (χ1) is 20.3. The minimum atomic E-state index is -0.689. The molecule has 43 heavy (non-hydrogen) atoms. The summed E-state index contributed by atoms with van der Waals surface area (Å²) < 4.78 is 0. The first-order valence-electron chi connectivity index (χ1n) is 17.4. The Morgan fingerprint density at radius 2 is 0.814 bits per heavy atom. The van der Waals surface area contributed by atoms with Gasteiger partial charge >= 0.3 is 11.9 Å². The van der Waals surface area contributed by atoms with E-state index in [1.807, 2.05) is 0 Å². The van der Waals surface area contributed by atoms with Gasteiger partial charge in [0.25, 0.3) is 0 Å². The van der Waals surface area contributed by atoms with Crippen molar-refractivity contribution in [2.45, 2.75) is 193 Å². The van der Waals surface area contributed by atoms with Crippen LogP contribution >= 0.6 is 0 Å². The zero-order valence-electron chi connectivity index (χ0n) is 28.2. The number of hydrogen-bond donors (Lipinski definition) is 4. The van der Waals surface area contributed by atoms with E-state index in [1.165, 1.54) is 51.4 Å². The molecule has 0 fully saturated rings. The van der Waals surface area contributed by atoms with E-state index < -0.39 is 11.9 Å². The van der Waals surface area contributed by atoms with Gasteiger partial charge in [0.2, 0.25) is 0 Å². The van der Waals surface area contributed by atoms with Crippen molar-refractivity contribution in [2.24, 2.45) is 0 Å². The van der Waals surface area contributed by atoms with Gasteiger partial charge in [-0.1, -0.05) is 128 Å². The first kappa shape index (κ1) is 47.0. The summed E-state index contributed by atoms with van der Waals surface area (Å²) in [4.78, 5) is 20.7. The molecule has 0 rings (SSSR count). The summed E-state index contributed by atoms with van der Waals surface area (Å²) in [6.45, 7) is 4.40. The Bertz CT molecular complexity index is 583. The minimum Gasteiger partial charge on any atom is -0.481 e. The van der Waals surface area contributed by atoms with Crippen molar-refractivity contribution in [1.82, 2.24) is 0 Å². The molecular weight excluding hydrogens is 568 g/mol. The van der Waals surface area contributed by atoms with Crippen LogP contribution < -0.4 is 0 Å². The molecule has 4 N–H and O–H groups in total. The number of allylic oxidation sites excluding steroid dienone is 2. The van der Waals surface area contributed by atoms with Crippen LogP contribution in [0.5, 0.6) is 0 Å². The Labute approximate surface area is 295 Å². The largest absolute Gasteiger partial charge is 0.481 e. The number of aliphatic hydroxyl groups excluding tert-OH is 2. The Hall–Kier alpha value is -0.400. The van der Waals surface area contributed by atoms with Gasteiger partial charge in [0.1, 0.15) is 0 Å². The molecule has 0 spiro atoms. The quantitative estimate of drug-likeness (QED) is 0.0354. The van der Waals surface area contributed by atoms with Gasteiger partial charge in [0, 0.05) is 50.6 Å². The van der Waals surface area contributed by atoms with E-state index in [4.69, 9.17) is 10.2 Å². The normalized spacial score (nSPS) is 12.6. The summed E-state index contributed by atoms with van der Waals surface area (Å²) in [5.41, 5.74) is 0. The predicted molar refractivity (Wildman–Crippen MR) is 183 cm³/mol. The van der Waals surface area contributed by atoms with Gasteiger partial charge in [-0.2, -0.15) is 0 Å². The fourth-order valence-corrected chi connectivity index (χ4v) is 4.73. The number of carboxylic acids is 2. The van der Waals surface area contributed by atoms with Crippen LogP contribution in [0.1, 0.15) is 181 Å². The average molecular weight is 637 g/mol. The molecule has 0 aliphatic rings. The van der Waals surface area contributed by atoms with Crippen LogP contribution in [0.25, 0.3) is 0 Å². The Morgan fingerprint density at radius 1 is 0.488 bits per heavy atom. The Balaban J connectivity index is -0.000000727. The molecule has 0 aromatic carbocycles. The zero-order valence-corrected chi connectivity index (χ0v) is 30.4. The topological polar surface area (TPSA) is 115 Å². The van der Waals surface area contributed by atoms with Crippen LogP contribution in [0.3, 0.4) is 0 Å². The van der Waals surface area contributed by atoms with Crippen LogP contribution in [-0.4, -0.2) is 82.3 Å². The third kappa shape index (κ3) is 46.1. The third-order valence-corrected chi connectivity index (χ3v) is 7.45. The second-order valence-corrected chi connectivity index (χ2v) is 11.8. The summed E-state index contributed by atoms with van der Waals surface area (Å²) in [5, 5.41) is 36.6. The van der Waals surface area contributed by atoms with E-state index >= 15 is 0 Å². The van der Waals surface area contributed by atoms with Crippen molar-refractivity contribution in [3.63, 3.8) is 0 Å². The van der Waals surface area contributed by atoms with E-state index in [0.29, 0.717) is 12.8 Å². The van der Waals surface area contributed by atoms with E-state index in [1.54, 1.807) is 0 Å². The van der Waals surface area contributed by atoms with Gasteiger partial charge in [-0.15, -0.1) is 0 Å². The number of hydrogen-bond acceptors (Lipinski definition) is 4. The van der Waals surface area contributed by atoms with Crippen LogP contribution in [0.4, 0.5) is 0 Å². The molecule has 0 heterocycles. The molecule has 0 bridgehead atoms. The molecule has 250 valence electrons. The molecule has 7 heteroatoms. The summed E-state index contributed by atoms with van der Waals surface area (Å²) in [5.74, 6) is -1.38. The van der Waals surface area contributed by atoms with Gasteiger partial charge in [-0.05, 0) is 64.2 Å². The predicted octanol–water partition coefficient (Wildman–Crippen LogP) is 9.78. The number of carboxylic acid groups (broad SMARTS) is 2. The molecule has 0 aliphatic heterocycles. The number of aliphatic carboxylic acids is 2. The Morgan fingerprint density at radius 3 is 1.16 bits per heavy atom. The van der Waals surface area contributed by atoms with E-state index in [-0.39, 0.29) is 49.9 Å². The van der Waals surface area contributed by atoms with Gasteiger partial charge in [0.15, 0.2) is 0 Å². The zero-order chi connectivity index (χ0) is 31.5. The summed E-state index contributed by atoms with van der Waals surface area (Å²) in [7, 11) is 0.